The molecule has 0 aliphatic heterocycles. The van der Waals surface area contributed by atoms with E-state index in [2.05, 4.69) is 13.8 Å². The predicted octanol–water partition coefficient (Wildman–Crippen LogP) is 3.20. The summed E-state index contributed by atoms with van der Waals surface area (Å²) in [4.78, 5) is 28.2. The van der Waals surface area contributed by atoms with Gasteiger partial charge in [0.15, 0.2) is 0 Å². The molecule has 0 spiro atoms. The smallest absolute Gasteiger partial charge is 0.238 e. The van der Waals surface area contributed by atoms with Gasteiger partial charge in [0.1, 0.15) is 5.78 Å². The summed E-state index contributed by atoms with van der Waals surface area (Å²) >= 11 is 0. The maximum atomic E-state index is 13.8. The van der Waals surface area contributed by atoms with Crippen molar-refractivity contribution in [2.45, 2.75) is 72.4 Å². The number of aromatic nitrogens is 1. The quantitative estimate of drug-likeness (QED) is 0.518. The van der Waals surface area contributed by atoms with Gasteiger partial charge in [-0.2, -0.15) is 4.31 Å². The molecule has 1 aromatic heterocycles. The van der Waals surface area contributed by atoms with Crippen LogP contribution in [0.4, 0.5) is 0 Å². The molecule has 0 radical (unpaired) electrons. The van der Waals surface area contributed by atoms with E-state index in [-0.39, 0.29) is 53.8 Å². The number of ketones is 1. The molecule has 33 heavy (non-hydrogen) atoms. The fourth-order valence-electron chi connectivity index (χ4n) is 6.08. The minimum absolute atomic E-state index is 0.0796. The maximum absolute atomic E-state index is 13.8. The van der Waals surface area contributed by atoms with Crippen LogP contribution in [0.5, 0.6) is 0 Å². The first-order valence-electron chi connectivity index (χ1n) is 12.3. The minimum atomic E-state index is -3.79. The van der Waals surface area contributed by atoms with E-state index in [0.29, 0.717) is 19.4 Å². The van der Waals surface area contributed by atoms with Crippen molar-refractivity contribution in [3.05, 3.63) is 24.0 Å². The lowest BCUT2D eigenvalue weighted by Crippen LogP contribution is -2.50. The van der Waals surface area contributed by atoms with Crippen LogP contribution >= 0.6 is 0 Å². The first kappa shape index (κ1) is 24.5. The second-order valence-electron chi connectivity index (χ2n) is 11.5. The molecular weight excluding hydrogens is 438 g/mol. The number of Topliss-reactive ketones (excluding diaryl/α,β-unsaturated/α-hetero) is 1. The number of aryl methyl sites for hydroxylation is 1. The Kier molecular flexibility index (Phi) is 6.32. The zero-order valence-corrected chi connectivity index (χ0v) is 21.5. The number of nitrogens with zero attached hydrogens (tertiary/aromatic N) is 3. The Labute approximate surface area is 198 Å². The average Bonchev–Trinajstić information content (AvgIpc) is 3.39. The van der Waals surface area contributed by atoms with Crippen molar-refractivity contribution in [2.75, 3.05) is 18.8 Å². The van der Waals surface area contributed by atoms with Gasteiger partial charge >= 0.3 is 0 Å². The van der Waals surface area contributed by atoms with Crippen LogP contribution in [0.25, 0.3) is 0 Å². The second kappa shape index (κ2) is 8.52. The van der Waals surface area contributed by atoms with E-state index in [1.54, 1.807) is 0 Å². The van der Waals surface area contributed by atoms with E-state index in [1.807, 2.05) is 48.7 Å². The summed E-state index contributed by atoms with van der Waals surface area (Å²) in [5.74, 6) is 0.101. The van der Waals surface area contributed by atoms with Crippen LogP contribution in [0.2, 0.25) is 0 Å². The van der Waals surface area contributed by atoms with Crippen LogP contribution in [0.15, 0.2) is 18.3 Å². The van der Waals surface area contributed by atoms with Gasteiger partial charge in [-0.25, -0.2) is 8.42 Å². The molecule has 3 saturated carbocycles. The normalized spacial score (nSPS) is 26.5. The minimum Gasteiger partial charge on any atom is -0.353 e. The third-order valence-electron chi connectivity index (χ3n) is 8.53. The Bertz CT molecular complexity index is 1020. The fourth-order valence-corrected chi connectivity index (χ4v) is 8.39. The van der Waals surface area contributed by atoms with Crippen molar-refractivity contribution in [3.8, 4) is 0 Å². The van der Waals surface area contributed by atoms with Crippen molar-refractivity contribution >= 4 is 21.7 Å². The molecule has 2 unspecified atom stereocenters. The summed E-state index contributed by atoms with van der Waals surface area (Å²) in [6, 6.07) is 4.13. The van der Waals surface area contributed by atoms with Crippen LogP contribution in [0, 0.1) is 22.7 Å². The molecule has 2 bridgehead atoms. The van der Waals surface area contributed by atoms with Gasteiger partial charge in [-0.15, -0.1) is 0 Å². The Morgan fingerprint density at radius 1 is 1.24 bits per heavy atom. The number of carbonyl (C=O) groups is 2. The zero-order chi connectivity index (χ0) is 24.2. The van der Waals surface area contributed by atoms with Crippen LogP contribution in [-0.4, -0.2) is 58.8 Å². The van der Waals surface area contributed by atoms with E-state index in [9.17, 15) is 18.0 Å². The summed E-state index contributed by atoms with van der Waals surface area (Å²) in [6.07, 6.45) is 5.89. The molecule has 1 aromatic rings. The highest BCUT2D eigenvalue weighted by Crippen LogP contribution is 2.64. The molecule has 0 aromatic carbocycles. The molecule has 7 nitrogen and oxygen atoms in total. The number of hydrogen-bond donors (Lipinski definition) is 0. The molecule has 0 N–H and O–H groups in total. The van der Waals surface area contributed by atoms with Gasteiger partial charge in [-0.05, 0) is 55.1 Å². The van der Waals surface area contributed by atoms with Crippen LogP contribution in [0.3, 0.4) is 0 Å². The molecule has 1 heterocycles. The standard InChI is InChI=1S/C25H39N3O4S/c1-18(2)14-27(16-23(30)28(20-8-9-20)15-21-7-6-12-26(21)5)33(31,32)17-25-11-10-19(13-22(25)29)24(25,3)4/h6-7,12,18-20H,8-11,13-17H2,1-5H3. The molecule has 3 aliphatic rings. The van der Waals surface area contributed by atoms with Crippen molar-refractivity contribution in [3.63, 3.8) is 0 Å². The van der Waals surface area contributed by atoms with Crippen LogP contribution in [0.1, 0.15) is 65.5 Å². The molecule has 8 heteroatoms. The van der Waals surface area contributed by atoms with Gasteiger partial charge in [-0.1, -0.05) is 27.7 Å². The van der Waals surface area contributed by atoms with Crippen LogP contribution in [-0.2, 0) is 33.2 Å². The Morgan fingerprint density at radius 3 is 2.42 bits per heavy atom. The number of rotatable bonds is 10. The monoisotopic (exact) mass is 477 g/mol. The van der Waals surface area contributed by atoms with Gasteiger partial charge in [0.2, 0.25) is 15.9 Å². The molecule has 4 rings (SSSR count). The highest BCUT2D eigenvalue weighted by Gasteiger charge is 2.65. The molecule has 0 saturated heterocycles. The van der Waals surface area contributed by atoms with E-state index in [4.69, 9.17) is 0 Å². The third kappa shape index (κ3) is 4.41. The van der Waals surface area contributed by atoms with Gasteiger partial charge in [0, 0.05) is 43.4 Å². The molecular formula is C25H39N3O4S. The fraction of sp³-hybridized carbons (Fsp3) is 0.760. The molecule has 2 atom stereocenters. The number of carbonyl (C=O) groups excluding carboxylic acids is 2. The van der Waals surface area contributed by atoms with Crippen molar-refractivity contribution in [1.82, 2.24) is 13.8 Å². The lowest BCUT2D eigenvalue weighted by Gasteiger charge is -2.38. The topological polar surface area (TPSA) is 79.7 Å². The number of sulfonamides is 1. The third-order valence-corrected chi connectivity index (χ3v) is 10.5. The van der Waals surface area contributed by atoms with Gasteiger partial charge in [-0.3, -0.25) is 9.59 Å². The Morgan fingerprint density at radius 2 is 1.94 bits per heavy atom. The van der Waals surface area contributed by atoms with Crippen LogP contribution < -0.4 is 0 Å². The maximum Gasteiger partial charge on any atom is 0.238 e. The van der Waals surface area contributed by atoms with Crippen molar-refractivity contribution in [1.29, 1.82) is 0 Å². The van der Waals surface area contributed by atoms with E-state index in [0.717, 1.165) is 25.0 Å². The molecule has 1 amide bonds. The number of hydrogen-bond acceptors (Lipinski definition) is 4. The number of fused-ring (bicyclic) bond motifs is 2. The second-order valence-corrected chi connectivity index (χ2v) is 13.4. The zero-order valence-electron chi connectivity index (χ0n) is 20.7. The lowest BCUT2D eigenvalue weighted by atomic mass is 9.70. The van der Waals surface area contributed by atoms with E-state index < -0.39 is 15.4 Å². The number of amides is 1. The first-order valence-corrected chi connectivity index (χ1v) is 13.9. The highest BCUT2D eigenvalue weighted by atomic mass is 32.2. The van der Waals surface area contributed by atoms with Gasteiger partial charge < -0.3 is 9.47 Å². The van der Waals surface area contributed by atoms with Crippen molar-refractivity contribution in [2.24, 2.45) is 29.7 Å². The molecule has 3 fully saturated rings. The Balaban J connectivity index is 1.55. The average molecular weight is 478 g/mol. The summed E-state index contributed by atoms with van der Waals surface area (Å²) in [5, 5.41) is 0. The first-order chi connectivity index (χ1) is 15.4. The summed E-state index contributed by atoms with van der Waals surface area (Å²) in [6.45, 7) is 8.64. The Hall–Kier alpha value is -1.67. The lowest BCUT2D eigenvalue weighted by molar-refractivity contribution is -0.132. The van der Waals surface area contributed by atoms with Crippen molar-refractivity contribution < 1.29 is 18.0 Å². The predicted molar refractivity (Wildman–Crippen MR) is 128 cm³/mol. The molecule has 3 aliphatic carbocycles. The highest BCUT2D eigenvalue weighted by molar-refractivity contribution is 7.89. The molecule has 184 valence electrons. The van der Waals surface area contributed by atoms with Gasteiger partial charge in [0.25, 0.3) is 0 Å². The summed E-state index contributed by atoms with van der Waals surface area (Å²) < 4.78 is 30.9. The SMILES string of the molecule is CC(C)CN(CC(=O)N(Cc1cccn1C)C1CC1)S(=O)(=O)CC12CCC(CC1=O)C2(C)C. The van der Waals surface area contributed by atoms with E-state index >= 15 is 0 Å². The van der Waals surface area contributed by atoms with E-state index in [1.165, 1.54) is 4.31 Å². The largest absolute Gasteiger partial charge is 0.353 e. The van der Waals surface area contributed by atoms with Gasteiger partial charge in [0.05, 0.1) is 18.8 Å². The summed E-state index contributed by atoms with van der Waals surface area (Å²) in [7, 11) is -1.84. The summed E-state index contributed by atoms with van der Waals surface area (Å²) in [5.41, 5.74) is -0.117.